The molecule has 1 aromatic carbocycles. The van der Waals surface area contributed by atoms with Gasteiger partial charge in [-0.1, -0.05) is 0 Å². The minimum atomic E-state index is -4.47. The first-order valence-corrected chi connectivity index (χ1v) is 4.20. The zero-order chi connectivity index (χ0) is 11.5. The lowest BCUT2D eigenvalue weighted by Gasteiger charge is -2.07. The van der Waals surface area contributed by atoms with Crippen LogP contribution in [-0.2, 0) is 10.9 Å². The van der Waals surface area contributed by atoms with Crippen molar-refractivity contribution in [3.8, 4) is 0 Å². The molecule has 0 heterocycles. The summed E-state index contributed by atoms with van der Waals surface area (Å²) in [7, 11) is 0. The molecule has 0 saturated carbocycles. The summed E-state index contributed by atoms with van der Waals surface area (Å²) >= 11 is 0. The van der Waals surface area contributed by atoms with Crippen LogP contribution in [0.15, 0.2) is 18.2 Å². The summed E-state index contributed by atoms with van der Waals surface area (Å²) in [6.07, 6.45) is -4.47. The number of alkyl halides is 3. The Hall–Kier alpha value is -1.52. The van der Waals surface area contributed by atoms with Gasteiger partial charge >= 0.3 is 12.1 Å². The summed E-state index contributed by atoms with van der Waals surface area (Å²) in [5.41, 5.74) is -1.06. The Bertz CT molecular complexity index is 358. The average molecular weight is 217 g/mol. The predicted molar refractivity (Wildman–Crippen MR) is 46.2 cm³/mol. The van der Waals surface area contributed by atoms with Crippen molar-refractivity contribution in [2.45, 2.75) is 13.1 Å². The quantitative estimate of drug-likeness (QED) is 0.712. The van der Waals surface area contributed by atoms with E-state index in [0.29, 0.717) is 0 Å². The Kier molecular flexibility index (Phi) is 3.34. The maximum atomic E-state index is 12.2. The van der Waals surface area contributed by atoms with E-state index < -0.39 is 17.7 Å². The van der Waals surface area contributed by atoms with Crippen molar-refractivity contribution < 1.29 is 22.7 Å². The highest BCUT2D eigenvalue weighted by atomic mass is 19.4. The van der Waals surface area contributed by atoms with E-state index in [4.69, 9.17) is 0 Å². The molecule has 0 aliphatic rings. The minimum Gasteiger partial charge on any atom is -0.462 e. The fraction of sp³-hybridized carbons (Fsp3) is 0.300. The third-order valence-corrected chi connectivity index (χ3v) is 1.63. The molecule has 5 heteroatoms. The van der Waals surface area contributed by atoms with Crippen LogP contribution in [0.4, 0.5) is 13.2 Å². The molecular weight excluding hydrogens is 209 g/mol. The zero-order valence-corrected chi connectivity index (χ0v) is 7.89. The zero-order valence-electron chi connectivity index (χ0n) is 7.89. The maximum absolute atomic E-state index is 12.2. The van der Waals surface area contributed by atoms with E-state index >= 15 is 0 Å². The van der Waals surface area contributed by atoms with Gasteiger partial charge in [-0.05, 0) is 31.2 Å². The van der Waals surface area contributed by atoms with Crippen molar-refractivity contribution in [3.63, 3.8) is 0 Å². The van der Waals surface area contributed by atoms with Crippen molar-refractivity contribution >= 4 is 5.97 Å². The fourth-order valence-electron chi connectivity index (χ4n) is 0.968. The first-order chi connectivity index (χ1) is 6.95. The van der Waals surface area contributed by atoms with Crippen LogP contribution in [0, 0.1) is 6.07 Å². The second-order valence-corrected chi connectivity index (χ2v) is 2.73. The molecule has 0 bridgehead atoms. The SMILES string of the molecule is CCOC(=O)c1c[c]cc(C(F)(F)F)c1. The summed E-state index contributed by atoms with van der Waals surface area (Å²) in [5.74, 6) is -0.778. The number of halogens is 3. The molecule has 2 nitrogen and oxygen atoms in total. The number of hydrogen-bond donors (Lipinski definition) is 0. The molecule has 0 aliphatic carbocycles. The van der Waals surface area contributed by atoms with E-state index in [0.717, 1.165) is 18.2 Å². The number of rotatable bonds is 2. The molecule has 0 aromatic heterocycles. The molecule has 0 fully saturated rings. The lowest BCUT2D eigenvalue weighted by Crippen LogP contribution is -2.09. The van der Waals surface area contributed by atoms with Gasteiger partial charge in [0.15, 0.2) is 0 Å². The maximum Gasteiger partial charge on any atom is 0.416 e. The number of ether oxygens (including phenoxy) is 1. The summed E-state index contributed by atoms with van der Waals surface area (Å²) in [6.45, 7) is 1.70. The van der Waals surface area contributed by atoms with Gasteiger partial charge in [0.05, 0.1) is 17.7 Å². The minimum absolute atomic E-state index is 0.120. The Morgan fingerprint density at radius 3 is 2.67 bits per heavy atom. The van der Waals surface area contributed by atoms with E-state index in [1.165, 1.54) is 0 Å². The van der Waals surface area contributed by atoms with Crippen LogP contribution in [0.1, 0.15) is 22.8 Å². The highest BCUT2D eigenvalue weighted by Crippen LogP contribution is 2.29. The van der Waals surface area contributed by atoms with Gasteiger partial charge in [-0.2, -0.15) is 13.2 Å². The van der Waals surface area contributed by atoms with E-state index in [-0.39, 0.29) is 12.2 Å². The predicted octanol–water partition coefficient (Wildman–Crippen LogP) is 2.68. The van der Waals surface area contributed by atoms with Crippen LogP contribution >= 0.6 is 0 Å². The van der Waals surface area contributed by atoms with E-state index in [2.05, 4.69) is 10.8 Å². The van der Waals surface area contributed by atoms with Gasteiger partial charge in [0.1, 0.15) is 0 Å². The summed E-state index contributed by atoms with van der Waals surface area (Å²) < 4.78 is 41.3. The van der Waals surface area contributed by atoms with E-state index in [9.17, 15) is 18.0 Å². The summed E-state index contributed by atoms with van der Waals surface area (Å²) in [6, 6.07) is 4.94. The second kappa shape index (κ2) is 4.33. The van der Waals surface area contributed by atoms with Crippen molar-refractivity contribution in [2.24, 2.45) is 0 Å². The van der Waals surface area contributed by atoms with Gasteiger partial charge in [0.25, 0.3) is 0 Å². The molecule has 0 amide bonds. The molecule has 0 spiro atoms. The topological polar surface area (TPSA) is 26.3 Å². The molecule has 0 atom stereocenters. The molecule has 1 radical (unpaired) electrons. The molecular formula is C10H8F3O2. The van der Waals surface area contributed by atoms with Crippen molar-refractivity contribution in [3.05, 3.63) is 35.4 Å². The number of benzene rings is 1. The fourth-order valence-corrected chi connectivity index (χ4v) is 0.968. The molecule has 1 rings (SSSR count). The third kappa shape index (κ3) is 2.97. The Morgan fingerprint density at radius 2 is 2.13 bits per heavy atom. The number of esters is 1. The van der Waals surface area contributed by atoms with Gasteiger partial charge in [0.2, 0.25) is 0 Å². The van der Waals surface area contributed by atoms with Crippen molar-refractivity contribution in [1.29, 1.82) is 0 Å². The molecule has 1 aromatic rings. The smallest absolute Gasteiger partial charge is 0.416 e. The standard InChI is InChI=1S/C10H8F3O2/c1-2-15-9(14)7-4-3-5-8(6-7)10(11,12)13/h4-6H,2H2,1H3. The summed E-state index contributed by atoms with van der Waals surface area (Å²) in [4.78, 5) is 11.1. The van der Waals surface area contributed by atoms with Crippen molar-refractivity contribution in [1.82, 2.24) is 0 Å². The third-order valence-electron chi connectivity index (χ3n) is 1.63. The number of carbonyl (C=O) groups excluding carboxylic acids is 1. The lowest BCUT2D eigenvalue weighted by molar-refractivity contribution is -0.137. The monoisotopic (exact) mass is 217 g/mol. The van der Waals surface area contributed by atoms with Gasteiger partial charge in [0, 0.05) is 0 Å². The Balaban J connectivity index is 2.98. The van der Waals surface area contributed by atoms with Crippen LogP contribution in [-0.4, -0.2) is 12.6 Å². The van der Waals surface area contributed by atoms with Gasteiger partial charge in [-0.3, -0.25) is 0 Å². The van der Waals surface area contributed by atoms with E-state index in [1.54, 1.807) is 6.92 Å². The average Bonchev–Trinajstić information content (AvgIpc) is 2.17. The van der Waals surface area contributed by atoms with Crippen LogP contribution in [0.2, 0.25) is 0 Å². The van der Waals surface area contributed by atoms with Gasteiger partial charge in [-0.25, -0.2) is 4.79 Å². The first kappa shape index (κ1) is 11.6. The molecule has 0 aliphatic heterocycles. The van der Waals surface area contributed by atoms with E-state index in [1.807, 2.05) is 0 Å². The first-order valence-electron chi connectivity index (χ1n) is 4.20. The van der Waals surface area contributed by atoms with Crippen LogP contribution in [0.5, 0.6) is 0 Å². The molecule has 0 saturated heterocycles. The van der Waals surface area contributed by atoms with Gasteiger partial charge < -0.3 is 4.74 Å². The highest BCUT2D eigenvalue weighted by Gasteiger charge is 2.31. The van der Waals surface area contributed by atoms with Crippen LogP contribution in [0.3, 0.4) is 0 Å². The molecule has 0 unspecified atom stereocenters. The second-order valence-electron chi connectivity index (χ2n) is 2.73. The molecule has 81 valence electrons. The number of hydrogen-bond acceptors (Lipinski definition) is 2. The lowest BCUT2D eigenvalue weighted by atomic mass is 10.1. The Labute approximate surface area is 84.7 Å². The molecule has 0 N–H and O–H groups in total. The number of carbonyl (C=O) groups is 1. The normalized spacial score (nSPS) is 11.2. The van der Waals surface area contributed by atoms with Crippen molar-refractivity contribution in [2.75, 3.05) is 6.61 Å². The Morgan fingerprint density at radius 1 is 1.47 bits per heavy atom. The van der Waals surface area contributed by atoms with Crippen LogP contribution < -0.4 is 0 Å². The summed E-state index contributed by atoms with van der Waals surface area (Å²) in [5, 5.41) is 0. The highest BCUT2D eigenvalue weighted by molar-refractivity contribution is 5.89. The van der Waals surface area contributed by atoms with Crippen LogP contribution in [0.25, 0.3) is 0 Å². The largest absolute Gasteiger partial charge is 0.462 e. The van der Waals surface area contributed by atoms with Gasteiger partial charge in [-0.15, -0.1) is 0 Å². The molecule has 15 heavy (non-hydrogen) atoms.